The van der Waals surface area contributed by atoms with Gasteiger partial charge in [-0.05, 0) is 56.4 Å². The van der Waals surface area contributed by atoms with Crippen LogP contribution in [0, 0.1) is 23.7 Å². The molecule has 2 saturated heterocycles. The zero-order valence-corrected chi connectivity index (χ0v) is 17.6. The molecule has 0 aromatic heterocycles. The summed E-state index contributed by atoms with van der Waals surface area (Å²) in [5.74, 6) is 3.56. The van der Waals surface area contributed by atoms with Crippen LogP contribution in [-0.2, 0) is 4.79 Å². The first kappa shape index (κ1) is 20.1. The fourth-order valence-corrected chi connectivity index (χ4v) is 5.34. The molecular formula is C22H41N3O. The molecule has 1 aliphatic carbocycles. The Labute approximate surface area is 161 Å². The van der Waals surface area contributed by atoms with Crippen molar-refractivity contribution >= 4 is 5.91 Å². The monoisotopic (exact) mass is 363 g/mol. The van der Waals surface area contributed by atoms with Crippen LogP contribution in [0.5, 0.6) is 0 Å². The van der Waals surface area contributed by atoms with Crippen molar-refractivity contribution in [2.24, 2.45) is 23.7 Å². The van der Waals surface area contributed by atoms with Crippen LogP contribution >= 0.6 is 0 Å². The molecule has 0 spiro atoms. The van der Waals surface area contributed by atoms with E-state index >= 15 is 0 Å². The Balaban J connectivity index is 1.34. The standard InChI is InChI=1S/C22H41N3O/c1-17(20-6-5-9-25(16-20)19(3)26)7-8-18(2)21-14-22(15-21)24-12-10-23(4)11-13-24/h17-18,20-22H,5-16H2,1-4H3/t17?,18?,20-,21-,22+/m1/s1. The summed E-state index contributed by atoms with van der Waals surface area (Å²) >= 11 is 0. The second-order valence-corrected chi connectivity index (χ2v) is 9.62. The Hall–Kier alpha value is -0.610. The second-order valence-electron chi connectivity index (χ2n) is 9.62. The van der Waals surface area contributed by atoms with Crippen molar-refractivity contribution in [1.82, 2.24) is 14.7 Å². The molecular weight excluding hydrogens is 322 g/mol. The van der Waals surface area contributed by atoms with E-state index in [1.807, 2.05) is 0 Å². The Morgan fingerprint density at radius 1 is 0.962 bits per heavy atom. The van der Waals surface area contributed by atoms with Gasteiger partial charge in [0.1, 0.15) is 0 Å². The van der Waals surface area contributed by atoms with Crippen LogP contribution < -0.4 is 0 Å². The third-order valence-corrected chi connectivity index (χ3v) is 7.79. The van der Waals surface area contributed by atoms with Gasteiger partial charge in [-0.3, -0.25) is 9.69 Å². The summed E-state index contributed by atoms with van der Waals surface area (Å²) in [6.45, 7) is 13.6. The fraction of sp³-hybridized carbons (Fsp3) is 0.955. The van der Waals surface area contributed by atoms with E-state index in [2.05, 4.69) is 35.6 Å². The van der Waals surface area contributed by atoms with E-state index in [4.69, 9.17) is 0 Å². The number of hydrogen-bond donors (Lipinski definition) is 0. The average molecular weight is 364 g/mol. The van der Waals surface area contributed by atoms with Crippen LogP contribution in [0.1, 0.15) is 59.3 Å². The third-order valence-electron chi connectivity index (χ3n) is 7.79. The molecule has 0 bridgehead atoms. The smallest absolute Gasteiger partial charge is 0.219 e. The number of likely N-dealkylation sites (tertiary alicyclic amines) is 1. The summed E-state index contributed by atoms with van der Waals surface area (Å²) < 4.78 is 0. The van der Waals surface area contributed by atoms with Gasteiger partial charge in [0.15, 0.2) is 0 Å². The lowest BCUT2D eigenvalue weighted by atomic mass is 9.70. The number of hydrogen-bond acceptors (Lipinski definition) is 3. The molecule has 1 amide bonds. The van der Waals surface area contributed by atoms with E-state index in [0.717, 1.165) is 42.8 Å². The highest BCUT2D eigenvalue weighted by Crippen LogP contribution is 2.40. The number of rotatable bonds is 6. The molecule has 26 heavy (non-hydrogen) atoms. The number of nitrogens with zero attached hydrogens (tertiary/aromatic N) is 3. The van der Waals surface area contributed by atoms with Gasteiger partial charge >= 0.3 is 0 Å². The lowest BCUT2D eigenvalue weighted by Crippen LogP contribution is -2.53. The minimum Gasteiger partial charge on any atom is -0.343 e. The Kier molecular flexibility index (Phi) is 7.01. The van der Waals surface area contributed by atoms with Crippen LogP contribution in [0.15, 0.2) is 0 Å². The van der Waals surface area contributed by atoms with Crippen LogP contribution in [0.2, 0.25) is 0 Å². The zero-order valence-electron chi connectivity index (χ0n) is 17.6. The summed E-state index contributed by atoms with van der Waals surface area (Å²) in [5, 5.41) is 0. The van der Waals surface area contributed by atoms with Crippen molar-refractivity contribution in [1.29, 1.82) is 0 Å². The Bertz CT molecular complexity index is 454. The third kappa shape index (κ3) is 5.01. The number of piperidine rings is 1. The Morgan fingerprint density at radius 2 is 1.58 bits per heavy atom. The van der Waals surface area contributed by atoms with E-state index in [-0.39, 0.29) is 5.91 Å². The molecule has 0 N–H and O–H groups in total. The zero-order chi connectivity index (χ0) is 18.7. The van der Waals surface area contributed by atoms with Gasteiger partial charge in [-0.2, -0.15) is 0 Å². The van der Waals surface area contributed by atoms with Crippen molar-refractivity contribution in [2.75, 3.05) is 46.3 Å². The molecule has 3 rings (SSSR count). The second kappa shape index (κ2) is 9.05. The molecule has 3 atom stereocenters. The maximum Gasteiger partial charge on any atom is 0.219 e. The van der Waals surface area contributed by atoms with Gasteiger partial charge in [-0.15, -0.1) is 0 Å². The molecule has 2 unspecified atom stereocenters. The summed E-state index contributed by atoms with van der Waals surface area (Å²) in [5.41, 5.74) is 0. The van der Waals surface area contributed by atoms with Gasteiger partial charge < -0.3 is 9.80 Å². The number of likely N-dealkylation sites (N-methyl/N-ethyl adjacent to an activating group) is 1. The van der Waals surface area contributed by atoms with Crippen molar-refractivity contribution in [3.8, 4) is 0 Å². The van der Waals surface area contributed by atoms with Crippen LogP contribution in [0.25, 0.3) is 0 Å². The van der Waals surface area contributed by atoms with Crippen LogP contribution in [-0.4, -0.2) is 73.0 Å². The van der Waals surface area contributed by atoms with Gasteiger partial charge in [0.2, 0.25) is 5.91 Å². The topological polar surface area (TPSA) is 26.8 Å². The minimum absolute atomic E-state index is 0.264. The molecule has 4 nitrogen and oxygen atoms in total. The molecule has 4 heteroatoms. The van der Waals surface area contributed by atoms with E-state index in [0.29, 0.717) is 0 Å². The fourth-order valence-electron chi connectivity index (χ4n) is 5.34. The van der Waals surface area contributed by atoms with E-state index in [1.165, 1.54) is 64.7 Å². The Morgan fingerprint density at radius 3 is 2.19 bits per heavy atom. The highest BCUT2D eigenvalue weighted by atomic mass is 16.2. The molecule has 3 aliphatic rings. The number of amides is 1. The number of carbonyl (C=O) groups excluding carboxylic acids is 1. The van der Waals surface area contributed by atoms with Crippen molar-refractivity contribution in [3.05, 3.63) is 0 Å². The van der Waals surface area contributed by atoms with Gasteiger partial charge in [-0.25, -0.2) is 0 Å². The first-order valence-electron chi connectivity index (χ1n) is 11.1. The summed E-state index contributed by atoms with van der Waals surface area (Å²) in [7, 11) is 2.24. The van der Waals surface area contributed by atoms with E-state index in [9.17, 15) is 4.79 Å². The predicted octanol–water partition coefficient (Wildman–Crippen LogP) is 3.32. The molecule has 2 heterocycles. The lowest BCUT2D eigenvalue weighted by Gasteiger charge is -2.48. The average Bonchev–Trinajstić information content (AvgIpc) is 2.60. The van der Waals surface area contributed by atoms with Gasteiger partial charge in [0, 0.05) is 52.2 Å². The lowest BCUT2D eigenvalue weighted by molar-refractivity contribution is -0.131. The SMILES string of the molecule is CC(=O)N1CCC[C@@H](C(C)CCC(C)[C@H]2C[C@@H](N3CCN(C)CC3)C2)C1. The number of piperazine rings is 1. The molecule has 2 aliphatic heterocycles. The van der Waals surface area contributed by atoms with Crippen molar-refractivity contribution in [2.45, 2.75) is 65.3 Å². The number of carbonyl (C=O) groups is 1. The predicted molar refractivity (Wildman–Crippen MR) is 108 cm³/mol. The highest BCUT2D eigenvalue weighted by molar-refractivity contribution is 5.73. The largest absolute Gasteiger partial charge is 0.343 e. The maximum absolute atomic E-state index is 11.7. The molecule has 1 saturated carbocycles. The van der Waals surface area contributed by atoms with Crippen LogP contribution in [0.4, 0.5) is 0 Å². The van der Waals surface area contributed by atoms with Crippen molar-refractivity contribution < 1.29 is 4.79 Å². The maximum atomic E-state index is 11.7. The molecule has 0 aromatic carbocycles. The molecule has 0 aromatic rings. The highest BCUT2D eigenvalue weighted by Gasteiger charge is 2.37. The summed E-state index contributed by atoms with van der Waals surface area (Å²) in [4.78, 5) is 18.9. The van der Waals surface area contributed by atoms with Crippen molar-refractivity contribution in [3.63, 3.8) is 0 Å². The first-order valence-corrected chi connectivity index (χ1v) is 11.1. The first-order chi connectivity index (χ1) is 12.4. The van der Waals surface area contributed by atoms with Gasteiger partial charge in [0.05, 0.1) is 0 Å². The van der Waals surface area contributed by atoms with Gasteiger partial charge in [0.25, 0.3) is 0 Å². The van der Waals surface area contributed by atoms with E-state index in [1.54, 1.807) is 6.92 Å². The van der Waals surface area contributed by atoms with E-state index < -0.39 is 0 Å². The molecule has 150 valence electrons. The molecule has 0 radical (unpaired) electrons. The van der Waals surface area contributed by atoms with Crippen LogP contribution in [0.3, 0.4) is 0 Å². The summed E-state index contributed by atoms with van der Waals surface area (Å²) in [6, 6.07) is 0.871. The van der Waals surface area contributed by atoms with Gasteiger partial charge in [-0.1, -0.05) is 26.7 Å². The molecule has 3 fully saturated rings. The normalized spacial score (nSPS) is 33.5. The summed E-state index contributed by atoms with van der Waals surface area (Å²) in [6.07, 6.45) is 8.08. The minimum atomic E-state index is 0.264. The quantitative estimate of drug-likeness (QED) is 0.724.